The average molecular weight is 476 g/mol. The number of nitrogens with zero attached hydrogens (tertiary/aromatic N) is 6. The van der Waals surface area contributed by atoms with Crippen LogP contribution in [0.3, 0.4) is 0 Å². The Kier molecular flexibility index (Phi) is 7.08. The number of thioether (sulfide) groups is 1. The Balaban J connectivity index is 1.35. The van der Waals surface area contributed by atoms with E-state index in [1.807, 2.05) is 25.5 Å². The lowest BCUT2D eigenvalue weighted by Crippen LogP contribution is -2.44. The number of aromatic nitrogens is 5. The van der Waals surface area contributed by atoms with Gasteiger partial charge in [-0.3, -0.25) is 9.69 Å². The van der Waals surface area contributed by atoms with Gasteiger partial charge in [0.25, 0.3) is 5.78 Å². The fraction of sp³-hybridized carbons (Fsp3) is 0.571. The smallest absolute Gasteiger partial charge is 0.253 e. The maximum atomic E-state index is 12.6. The zero-order chi connectivity index (χ0) is 22.8. The van der Waals surface area contributed by atoms with Gasteiger partial charge in [0.2, 0.25) is 11.1 Å². The Hall–Kier alpha value is -2.08. The van der Waals surface area contributed by atoms with E-state index in [1.165, 1.54) is 23.1 Å². The van der Waals surface area contributed by atoms with Gasteiger partial charge in [-0.1, -0.05) is 11.8 Å². The van der Waals surface area contributed by atoms with Crippen LogP contribution in [-0.2, 0) is 22.5 Å². The second-order valence-electron chi connectivity index (χ2n) is 8.22. The van der Waals surface area contributed by atoms with E-state index in [9.17, 15) is 4.79 Å². The first-order chi connectivity index (χ1) is 15.3. The third-order valence-corrected chi connectivity index (χ3v) is 6.84. The number of rotatable bonds is 7. The summed E-state index contributed by atoms with van der Waals surface area (Å²) >= 11 is 2.95. The molecule has 1 aliphatic rings. The van der Waals surface area contributed by atoms with Crippen LogP contribution in [0, 0.1) is 13.8 Å². The molecule has 0 aromatic carbocycles. The number of nitrogens with one attached hydrogen (secondary N) is 1. The minimum atomic E-state index is -0.0539. The molecule has 11 heteroatoms. The van der Waals surface area contributed by atoms with Crippen LogP contribution >= 0.6 is 23.1 Å². The van der Waals surface area contributed by atoms with Crippen LogP contribution in [0.1, 0.15) is 42.9 Å². The molecule has 2 atom stereocenters. The zero-order valence-electron chi connectivity index (χ0n) is 19.1. The van der Waals surface area contributed by atoms with Crippen molar-refractivity contribution in [2.45, 2.75) is 64.4 Å². The average Bonchev–Trinajstić information content (AvgIpc) is 3.33. The lowest BCUT2D eigenvalue weighted by atomic mass is 10.1. The van der Waals surface area contributed by atoms with E-state index in [1.54, 1.807) is 4.52 Å². The molecule has 0 radical (unpaired) electrons. The van der Waals surface area contributed by atoms with Crippen LogP contribution in [0.25, 0.3) is 5.78 Å². The largest absolute Gasteiger partial charge is 0.373 e. The van der Waals surface area contributed by atoms with Crippen molar-refractivity contribution >= 4 is 39.9 Å². The Morgan fingerprint density at radius 3 is 2.72 bits per heavy atom. The second-order valence-corrected chi connectivity index (χ2v) is 9.85. The van der Waals surface area contributed by atoms with Crippen LogP contribution in [0.4, 0.5) is 5.13 Å². The van der Waals surface area contributed by atoms with Crippen molar-refractivity contribution in [2.24, 2.45) is 0 Å². The predicted molar refractivity (Wildman–Crippen MR) is 126 cm³/mol. The molecule has 1 aliphatic heterocycles. The summed E-state index contributed by atoms with van der Waals surface area (Å²) in [6.07, 6.45) is 3.33. The van der Waals surface area contributed by atoms with Crippen molar-refractivity contribution in [3.8, 4) is 0 Å². The fourth-order valence-electron chi connectivity index (χ4n) is 4.14. The lowest BCUT2D eigenvalue weighted by Gasteiger charge is -2.34. The van der Waals surface area contributed by atoms with Crippen LogP contribution < -0.4 is 5.32 Å². The number of aryl methyl sites for hydroxylation is 2. The van der Waals surface area contributed by atoms with E-state index < -0.39 is 0 Å². The van der Waals surface area contributed by atoms with Crippen LogP contribution in [0.15, 0.2) is 10.5 Å². The molecular weight excluding hydrogens is 446 g/mol. The van der Waals surface area contributed by atoms with Crippen molar-refractivity contribution in [1.29, 1.82) is 0 Å². The normalized spacial score (nSPS) is 19.5. The Morgan fingerprint density at radius 2 is 2.00 bits per heavy atom. The summed E-state index contributed by atoms with van der Waals surface area (Å²) in [5, 5.41) is 10.8. The van der Waals surface area contributed by atoms with Gasteiger partial charge < -0.3 is 10.1 Å². The summed E-state index contributed by atoms with van der Waals surface area (Å²) in [5.74, 6) is 0.540. The standard InChI is InChI=1S/C21H29N7O2S2/c1-12-8-27(9-13(2)30-12)10-16-11-32-20(23-16)24-18(29)7-6-17-14(3)22-19-25-21(31-5)26-28(19)15(17)4/h11-13H,6-10H2,1-5H3,(H,23,24,29)/t12-,13-/m0/s1. The number of anilines is 1. The van der Waals surface area contributed by atoms with E-state index in [-0.39, 0.29) is 18.1 Å². The molecule has 1 amide bonds. The van der Waals surface area contributed by atoms with Gasteiger partial charge >= 0.3 is 0 Å². The highest BCUT2D eigenvalue weighted by Gasteiger charge is 2.23. The first-order valence-corrected chi connectivity index (χ1v) is 12.8. The number of carbonyl (C=O) groups excluding carboxylic acids is 1. The summed E-state index contributed by atoms with van der Waals surface area (Å²) in [6.45, 7) is 10.7. The van der Waals surface area contributed by atoms with Crippen LogP contribution in [0.2, 0.25) is 0 Å². The van der Waals surface area contributed by atoms with E-state index in [4.69, 9.17) is 4.74 Å². The SMILES string of the molecule is CSc1nc2nc(C)c(CCC(=O)Nc3nc(CN4C[C@H](C)O[C@@H](C)C4)cs3)c(C)n2n1. The number of thiazole rings is 1. The second kappa shape index (κ2) is 9.82. The number of ether oxygens (including phenoxy) is 1. The highest BCUT2D eigenvalue weighted by atomic mass is 32.2. The van der Waals surface area contributed by atoms with Gasteiger partial charge in [-0.15, -0.1) is 16.4 Å². The molecule has 172 valence electrons. The highest BCUT2D eigenvalue weighted by Crippen LogP contribution is 2.21. The van der Waals surface area contributed by atoms with Crippen molar-refractivity contribution in [3.05, 3.63) is 28.0 Å². The predicted octanol–water partition coefficient (Wildman–Crippen LogP) is 3.10. The molecule has 0 spiro atoms. The van der Waals surface area contributed by atoms with Gasteiger partial charge in [0.15, 0.2) is 5.13 Å². The highest BCUT2D eigenvalue weighted by molar-refractivity contribution is 7.98. The van der Waals surface area contributed by atoms with Crippen molar-refractivity contribution in [3.63, 3.8) is 0 Å². The first kappa shape index (κ1) is 23.1. The van der Waals surface area contributed by atoms with Crippen molar-refractivity contribution in [2.75, 3.05) is 24.7 Å². The third-order valence-electron chi connectivity index (χ3n) is 5.49. The van der Waals surface area contributed by atoms with Gasteiger partial charge in [0.05, 0.1) is 17.9 Å². The molecule has 4 rings (SSSR count). The number of hydrogen-bond donors (Lipinski definition) is 1. The Morgan fingerprint density at radius 1 is 1.25 bits per heavy atom. The van der Waals surface area contributed by atoms with E-state index in [0.717, 1.165) is 42.3 Å². The Bertz CT molecular complexity index is 1100. The van der Waals surface area contributed by atoms with Crippen LogP contribution in [-0.4, -0.2) is 66.9 Å². The van der Waals surface area contributed by atoms with E-state index in [2.05, 4.69) is 44.1 Å². The molecule has 1 N–H and O–H groups in total. The lowest BCUT2D eigenvalue weighted by molar-refractivity contribution is -0.116. The summed E-state index contributed by atoms with van der Waals surface area (Å²) < 4.78 is 7.55. The molecule has 1 fully saturated rings. The molecule has 0 aliphatic carbocycles. The molecule has 1 saturated heterocycles. The minimum absolute atomic E-state index is 0.0539. The molecule has 32 heavy (non-hydrogen) atoms. The van der Waals surface area contributed by atoms with Crippen molar-refractivity contribution < 1.29 is 9.53 Å². The molecular formula is C21H29N7O2S2. The van der Waals surface area contributed by atoms with Gasteiger partial charge in [-0.25, -0.2) is 14.5 Å². The van der Waals surface area contributed by atoms with E-state index in [0.29, 0.717) is 28.9 Å². The summed E-state index contributed by atoms with van der Waals surface area (Å²) in [4.78, 5) is 28.5. The first-order valence-electron chi connectivity index (χ1n) is 10.7. The summed E-state index contributed by atoms with van der Waals surface area (Å²) in [6, 6.07) is 0. The summed E-state index contributed by atoms with van der Waals surface area (Å²) in [5.41, 5.74) is 3.86. The maximum absolute atomic E-state index is 12.6. The van der Waals surface area contributed by atoms with Gasteiger partial charge in [0, 0.05) is 42.8 Å². The zero-order valence-corrected chi connectivity index (χ0v) is 20.7. The quantitative estimate of drug-likeness (QED) is 0.521. The molecule has 0 unspecified atom stereocenters. The molecule has 3 aromatic heterocycles. The van der Waals surface area contributed by atoms with Gasteiger partial charge in [-0.2, -0.15) is 4.98 Å². The molecule has 0 bridgehead atoms. The Labute approximate surface area is 196 Å². The number of carbonyl (C=O) groups is 1. The molecule has 3 aromatic rings. The topological polar surface area (TPSA) is 97.5 Å². The van der Waals surface area contributed by atoms with E-state index >= 15 is 0 Å². The maximum Gasteiger partial charge on any atom is 0.253 e. The number of amides is 1. The summed E-state index contributed by atoms with van der Waals surface area (Å²) in [7, 11) is 0. The number of morpholine rings is 1. The van der Waals surface area contributed by atoms with Gasteiger partial charge in [0.1, 0.15) is 0 Å². The minimum Gasteiger partial charge on any atom is -0.373 e. The fourth-order valence-corrected chi connectivity index (χ4v) is 5.19. The molecule has 9 nitrogen and oxygen atoms in total. The monoisotopic (exact) mass is 475 g/mol. The van der Waals surface area contributed by atoms with Crippen molar-refractivity contribution in [1.82, 2.24) is 29.5 Å². The third kappa shape index (κ3) is 5.28. The molecule has 0 saturated carbocycles. The van der Waals surface area contributed by atoms with Crippen LogP contribution in [0.5, 0.6) is 0 Å². The molecule has 4 heterocycles. The van der Waals surface area contributed by atoms with Gasteiger partial charge in [-0.05, 0) is 45.9 Å². The number of fused-ring (bicyclic) bond motifs is 1. The number of hydrogen-bond acceptors (Lipinski definition) is 9.